The fraction of sp³-hybridized carbons (Fsp3) is 0.625. The van der Waals surface area contributed by atoms with Crippen molar-refractivity contribution in [2.45, 2.75) is 58.7 Å². The van der Waals surface area contributed by atoms with Crippen molar-refractivity contribution in [2.75, 3.05) is 0 Å². The first-order valence-electron chi connectivity index (χ1n) is 7.46. The molecule has 2 atom stereocenters. The summed E-state index contributed by atoms with van der Waals surface area (Å²) in [5.41, 5.74) is 0.858. The first-order valence-corrected chi connectivity index (χ1v) is 8.25. The van der Waals surface area contributed by atoms with Crippen molar-refractivity contribution < 1.29 is 14.3 Å². The molecule has 5 heteroatoms. The van der Waals surface area contributed by atoms with E-state index in [-0.39, 0.29) is 24.1 Å². The van der Waals surface area contributed by atoms with Crippen LogP contribution in [0.25, 0.3) is 0 Å². The van der Waals surface area contributed by atoms with Crippen LogP contribution in [0, 0.1) is 12.8 Å². The number of hydrogen-bond donors (Lipinski definition) is 0. The molecule has 1 aromatic heterocycles. The number of aryl methyl sites for hydroxylation is 1. The fourth-order valence-corrected chi connectivity index (χ4v) is 3.01. The van der Waals surface area contributed by atoms with Crippen LogP contribution in [0.4, 0.5) is 0 Å². The van der Waals surface area contributed by atoms with Crippen molar-refractivity contribution in [1.29, 1.82) is 0 Å². The largest absolute Gasteiger partial charge is 0.489 e. The van der Waals surface area contributed by atoms with Crippen molar-refractivity contribution in [3.63, 3.8) is 0 Å². The lowest BCUT2D eigenvalue weighted by molar-refractivity contribution is -0.154. The molecule has 1 aromatic rings. The second-order valence-corrected chi connectivity index (χ2v) is 6.62. The Labute approximate surface area is 134 Å². The molecule has 0 N–H and O–H groups in total. The summed E-state index contributed by atoms with van der Waals surface area (Å²) in [4.78, 5) is 16.4. The van der Waals surface area contributed by atoms with Gasteiger partial charge in [0.25, 0.3) is 0 Å². The third kappa shape index (κ3) is 4.70. The lowest BCUT2D eigenvalue weighted by Crippen LogP contribution is -2.31. The summed E-state index contributed by atoms with van der Waals surface area (Å²) < 4.78 is 12.2. The predicted molar refractivity (Wildman–Crippen MR) is 84.3 cm³/mol. The Hall–Kier alpha value is -1.10. The monoisotopic (exact) mass is 355 g/mol. The van der Waals surface area contributed by atoms with Gasteiger partial charge in [-0.2, -0.15) is 0 Å². The van der Waals surface area contributed by atoms with Crippen LogP contribution < -0.4 is 4.74 Å². The van der Waals surface area contributed by atoms with E-state index in [1.165, 1.54) is 0 Å². The van der Waals surface area contributed by atoms with Gasteiger partial charge in [0.1, 0.15) is 10.4 Å². The molecule has 0 radical (unpaired) electrons. The van der Waals surface area contributed by atoms with E-state index in [4.69, 9.17) is 9.47 Å². The Morgan fingerprint density at radius 2 is 2.14 bits per heavy atom. The van der Waals surface area contributed by atoms with E-state index in [0.29, 0.717) is 0 Å². The highest BCUT2D eigenvalue weighted by Gasteiger charge is 2.30. The van der Waals surface area contributed by atoms with Gasteiger partial charge in [-0.15, -0.1) is 0 Å². The van der Waals surface area contributed by atoms with Gasteiger partial charge in [-0.3, -0.25) is 4.79 Å². The number of halogens is 1. The van der Waals surface area contributed by atoms with E-state index in [1.807, 2.05) is 32.9 Å². The topological polar surface area (TPSA) is 48.4 Å². The maximum Gasteiger partial charge on any atom is 0.309 e. The Morgan fingerprint density at radius 3 is 2.81 bits per heavy atom. The number of hydrogen-bond acceptors (Lipinski definition) is 4. The molecule has 0 saturated heterocycles. The third-order valence-electron chi connectivity index (χ3n) is 3.61. The normalized spacial score (nSPS) is 22.1. The number of nitrogens with zero attached hydrogens (tertiary/aromatic N) is 1. The molecule has 2 rings (SSSR count). The van der Waals surface area contributed by atoms with E-state index in [2.05, 4.69) is 20.9 Å². The van der Waals surface area contributed by atoms with Gasteiger partial charge in [0.2, 0.25) is 0 Å². The summed E-state index contributed by atoms with van der Waals surface area (Å²) in [7, 11) is 0. The summed E-state index contributed by atoms with van der Waals surface area (Å²) in [5, 5.41) is 0. The minimum Gasteiger partial charge on any atom is -0.489 e. The number of rotatable bonds is 4. The Bertz CT molecular complexity index is 504. The Balaban J connectivity index is 1.96. The van der Waals surface area contributed by atoms with Crippen molar-refractivity contribution in [3.8, 4) is 5.75 Å². The fourth-order valence-electron chi connectivity index (χ4n) is 2.62. The predicted octanol–water partition coefficient (Wildman–Crippen LogP) is 4.04. The average Bonchev–Trinajstić information content (AvgIpc) is 2.41. The van der Waals surface area contributed by atoms with Crippen LogP contribution >= 0.6 is 15.9 Å². The number of carbonyl (C=O) groups is 1. The molecule has 0 bridgehead atoms. The Morgan fingerprint density at radius 1 is 1.38 bits per heavy atom. The van der Waals surface area contributed by atoms with Gasteiger partial charge in [-0.25, -0.2) is 4.98 Å². The zero-order valence-corrected chi connectivity index (χ0v) is 14.4. The van der Waals surface area contributed by atoms with Gasteiger partial charge in [-0.1, -0.05) is 0 Å². The van der Waals surface area contributed by atoms with Crippen molar-refractivity contribution >= 4 is 21.9 Å². The highest BCUT2D eigenvalue weighted by molar-refractivity contribution is 9.10. The molecule has 0 aromatic carbocycles. The number of pyridine rings is 1. The van der Waals surface area contributed by atoms with Crippen LogP contribution in [0.2, 0.25) is 0 Å². The van der Waals surface area contributed by atoms with Crippen LogP contribution in [0.1, 0.15) is 45.2 Å². The minimum atomic E-state index is -0.0936. The average molecular weight is 356 g/mol. The standard InChI is InChI=1S/C16H22BrNO3/c1-10(2)20-16(19)12-5-4-6-13(9-12)21-14-7-8-15(17)18-11(14)3/h7-8,10,12-13H,4-6,9H2,1-3H3/t12-,13-/m0/s1. The minimum absolute atomic E-state index is 0.0464. The van der Waals surface area contributed by atoms with E-state index >= 15 is 0 Å². The lowest BCUT2D eigenvalue weighted by atomic mass is 9.87. The maximum absolute atomic E-state index is 12.0. The summed E-state index contributed by atoms with van der Waals surface area (Å²) in [6, 6.07) is 3.79. The van der Waals surface area contributed by atoms with Gasteiger partial charge in [0.05, 0.1) is 23.8 Å². The number of aromatic nitrogens is 1. The molecule has 0 amide bonds. The zero-order chi connectivity index (χ0) is 15.4. The second kappa shape index (κ2) is 7.25. The zero-order valence-electron chi connectivity index (χ0n) is 12.8. The highest BCUT2D eigenvalue weighted by Crippen LogP contribution is 2.30. The summed E-state index contributed by atoms with van der Waals surface area (Å²) in [5.74, 6) is 0.653. The summed E-state index contributed by atoms with van der Waals surface area (Å²) in [6.45, 7) is 5.69. The van der Waals surface area contributed by atoms with Gasteiger partial charge >= 0.3 is 5.97 Å². The molecule has 1 aliphatic rings. The molecule has 4 nitrogen and oxygen atoms in total. The van der Waals surface area contributed by atoms with Crippen LogP contribution in [0.15, 0.2) is 16.7 Å². The molecule has 0 spiro atoms. The molecule has 116 valence electrons. The molecule has 1 aliphatic carbocycles. The highest BCUT2D eigenvalue weighted by atomic mass is 79.9. The summed E-state index contributed by atoms with van der Waals surface area (Å²) in [6.07, 6.45) is 3.58. The van der Waals surface area contributed by atoms with E-state index in [1.54, 1.807) is 0 Å². The molecular weight excluding hydrogens is 334 g/mol. The molecule has 0 aliphatic heterocycles. The third-order valence-corrected chi connectivity index (χ3v) is 4.05. The van der Waals surface area contributed by atoms with E-state index in [0.717, 1.165) is 41.7 Å². The van der Waals surface area contributed by atoms with Crippen molar-refractivity contribution in [1.82, 2.24) is 4.98 Å². The molecule has 1 fully saturated rings. The van der Waals surface area contributed by atoms with Crippen molar-refractivity contribution in [2.24, 2.45) is 5.92 Å². The van der Waals surface area contributed by atoms with Crippen molar-refractivity contribution in [3.05, 3.63) is 22.4 Å². The van der Waals surface area contributed by atoms with Crippen LogP contribution in [-0.4, -0.2) is 23.2 Å². The first kappa shape index (κ1) is 16.3. The van der Waals surface area contributed by atoms with Crippen LogP contribution in [0.5, 0.6) is 5.75 Å². The molecule has 0 unspecified atom stereocenters. The van der Waals surface area contributed by atoms with Gasteiger partial charge in [0, 0.05) is 0 Å². The summed E-state index contributed by atoms with van der Waals surface area (Å²) >= 11 is 3.35. The first-order chi connectivity index (χ1) is 9.95. The quantitative estimate of drug-likeness (QED) is 0.603. The Kier molecular flexibility index (Phi) is 5.62. The molecule has 1 saturated carbocycles. The smallest absolute Gasteiger partial charge is 0.309 e. The second-order valence-electron chi connectivity index (χ2n) is 5.81. The van der Waals surface area contributed by atoms with Gasteiger partial charge < -0.3 is 9.47 Å². The number of esters is 1. The molecule has 21 heavy (non-hydrogen) atoms. The lowest BCUT2D eigenvalue weighted by Gasteiger charge is -2.29. The van der Waals surface area contributed by atoms with Crippen LogP contribution in [0.3, 0.4) is 0 Å². The van der Waals surface area contributed by atoms with Gasteiger partial charge in [0.15, 0.2) is 0 Å². The number of ether oxygens (including phenoxy) is 2. The van der Waals surface area contributed by atoms with E-state index < -0.39 is 0 Å². The molecule has 1 heterocycles. The number of carbonyl (C=O) groups excluding carboxylic acids is 1. The van der Waals surface area contributed by atoms with Crippen LogP contribution in [-0.2, 0) is 9.53 Å². The molecular formula is C16H22BrNO3. The maximum atomic E-state index is 12.0. The van der Waals surface area contributed by atoms with E-state index in [9.17, 15) is 4.79 Å². The SMILES string of the molecule is Cc1nc(Br)ccc1O[C@H]1CCC[C@H](C(=O)OC(C)C)C1. The van der Waals surface area contributed by atoms with Gasteiger partial charge in [-0.05, 0) is 74.5 Å².